The van der Waals surface area contributed by atoms with Gasteiger partial charge in [0, 0.05) is 37.1 Å². The zero-order valence-corrected chi connectivity index (χ0v) is 24.9. The molecule has 13 nitrogen and oxygen atoms in total. The SMILES string of the molecule is CC(=O)NCCNC(=O)c1cccc(-c2ccc(O)c3c2C[C@H]2C[C@H]4[C@H](N(C)C)C(O)=C(C(N)=O)C(=O)[C@@]4(O)C(O)=C2C3=O)c1. The molecule has 4 atom stereocenters. The molecule has 45 heavy (non-hydrogen) atoms. The van der Waals surface area contributed by atoms with E-state index in [1.807, 2.05) is 0 Å². The number of nitrogens with zero attached hydrogens (tertiary/aromatic N) is 1. The minimum atomic E-state index is -2.72. The third-order valence-corrected chi connectivity index (χ3v) is 8.83. The third-order valence-electron chi connectivity index (χ3n) is 8.83. The fraction of sp³-hybridized carbons (Fsp3) is 0.344. The van der Waals surface area contributed by atoms with Gasteiger partial charge in [-0.1, -0.05) is 18.2 Å². The summed E-state index contributed by atoms with van der Waals surface area (Å²) in [6, 6.07) is 8.47. The van der Waals surface area contributed by atoms with E-state index >= 15 is 0 Å². The summed E-state index contributed by atoms with van der Waals surface area (Å²) in [6.07, 6.45) is 0.0585. The Bertz CT molecular complexity index is 1730. The number of rotatable bonds is 7. The number of nitrogens with two attached hydrogens (primary N) is 1. The van der Waals surface area contributed by atoms with Crippen molar-refractivity contribution in [1.29, 1.82) is 0 Å². The Morgan fingerprint density at radius 3 is 2.38 bits per heavy atom. The highest BCUT2D eigenvalue weighted by Crippen LogP contribution is 2.53. The Hall–Kier alpha value is -5.01. The van der Waals surface area contributed by atoms with E-state index in [1.54, 1.807) is 44.4 Å². The van der Waals surface area contributed by atoms with Gasteiger partial charge in [0.25, 0.3) is 11.8 Å². The number of aliphatic hydroxyl groups excluding tert-OH is 2. The predicted octanol–water partition coefficient (Wildman–Crippen LogP) is 0.654. The third kappa shape index (κ3) is 5.03. The number of allylic oxidation sites excluding steroid dienone is 1. The van der Waals surface area contributed by atoms with Crippen molar-refractivity contribution in [1.82, 2.24) is 15.5 Å². The summed E-state index contributed by atoms with van der Waals surface area (Å²) in [5, 5.41) is 50.3. The molecule has 0 unspecified atom stereocenters. The van der Waals surface area contributed by atoms with Gasteiger partial charge in [-0.3, -0.25) is 28.9 Å². The number of ketones is 2. The molecule has 13 heteroatoms. The van der Waals surface area contributed by atoms with Crippen LogP contribution in [0.5, 0.6) is 5.75 Å². The van der Waals surface area contributed by atoms with Crippen molar-refractivity contribution in [2.75, 3.05) is 27.2 Å². The molecule has 8 N–H and O–H groups in total. The van der Waals surface area contributed by atoms with E-state index in [9.17, 15) is 44.4 Å². The quantitative estimate of drug-likeness (QED) is 0.170. The lowest BCUT2D eigenvalue weighted by Gasteiger charge is -2.50. The van der Waals surface area contributed by atoms with Crippen molar-refractivity contribution in [3.8, 4) is 16.9 Å². The molecule has 236 valence electrons. The number of phenols is 1. The first-order valence-electron chi connectivity index (χ1n) is 14.3. The number of aromatic hydroxyl groups is 1. The fourth-order valence-electron chi connectivity index (χ4n) is 6.87. The van der Waals surface area contributed by atoms with Crippen molar-refractivity contribution < 1.29 is 44.4 Å². The van der Waals surface area contributed by atoms with Gasteiger partial charge in [-0.25, -0.2) is 0 Å². The number of carbonyl (C=O) groups is 5. The number of primary amides is 1. The van der Waals surface area contributed by atoms with Crippen LogP contribution in [0.2, 0.25) is 0 Å². The van der Waals surface area contributed by atoms with Crippen molar-refractivity contribution in [2.45, 2.75) is 31.4 Å². The molecule has 0 saturated heterocycles. The first kappa shape index (κ1) is 31.4. The number of fused-ring (bicyclic) bond motifs is 3. The molecule has 5 rings (SSSR count). The van der Waals surface area contributed by atoms with Gasteiger partial charge in [-0.2, -0.15) is 0 Å². The highest BCUT2D eigenvalue weighted by Gasteiger charge is 2.63. The first-order chi connectivity index (χ1) is 21.2. The van der Waals surface area contributed by atoms with E-state index in [1.165, 1.54) is 17.9 Å². The van der Waals surface area contributed by atoms with Crippen LogP contribution in [0.4, 0.5) is 0 Å². The Labute approximate surface area is 258 Å². The van der Waals surface area contributed by atoms with Crippen LogP contribution in [0, 0.1) is 11.8 Å². The number of aliphatic hydroxyl groups is 3. The molecular formula is C32H34N4O9. The van der Waals surface area contributed by atoms with E-state index in [4.69, 9.17) is 5.73 Å². The lowest BCUT2D eigenvalue weighted by molar-refractivity contribution is -0.148. The monoisotopic (exact) mass is 618 g/mol. The highest BCUT2D eigenvalue weighted by molar-refractivity contribution is 6.25. The maximum Gasteiger partial charge on any atom is 0.255 e. The molecule has 3 aliphatic carbocycles. The second kappa shape index (κ2) is 11.5. The Morgan fingerprint density at radius 2 is 1.73 bits per heavy atom. The second-order valence-corrected chi connectivity index (χ2v) is 11.8. The van der Waals surface area contributed by atoms with Gasteiger partial charge < -0.3 is 36.8 Å². The molecule has 0 spiro atoms. The number of hydrogen-bond donors (Lipinski definition) is 7. The number of benzene rings is 2. The molecule has 0 aliphatic heterocycles. The van der Waals surface area contributed by atoms with Crippen molar-refractivity contribution in [2.24, 2.45) is 17.6 Å². The fourth-order valence-corrected chi connectivity index (χ4v) is 6.87. The predicted molar refractivity (Wildman–Crippen MR) is 160 cm³/mol. The van der Waals surface area contributed by atoms with Gasteiger partial charge in [0.1, 0.15) is 22.8 Å². The smallest absolute Gasteiger partial charge is 0.255 e. The minimum absolute atomic E-state index is 0.0440. The van der Waals surface area contributed by atoms with E-state index < -0.39 is 58.0 Å². The van der Waals surface area contributed by atoms with Gasteiger partial charge in [0.05, 0.1) is 11.6 Å². The normalized spacial score (nSPS) is 24.2. The zero-order valence-electron chi connectivity index (χ0n) is 24.9. The maximum atomic E-state index is 14.0. The number of carbonyl (C=O) groups excluding carboxylic acids is 5. The summed E-state index contributed by atoms with van der Waals surface area (Å²) in [6.45, 7) is 1.84. The van der Waals surface area contributed by atoms with E-state index in [-0.39, 0.29) is 54.6 Å². The average molecular weight is 619 g/mol. The van der Waals surface area contributed by atoms with Crippen LogP contribution >= 0.6 is 0 Å². The summed E-state index contributed by atoms with van der Waals surface area (Å²) in [5.74, 6) is -7.84. The molecule has 0 fully saturated rings. The van der Waals surface area contributed by atoms with Gasteiger partial charge in [0.15, 0.2) is 11.4 Å². The second-order valence-electron chi connectivity index (χ2n) is 11.8. The number of nitrogens with one attached hydrogen (secondary N) is 2. The molecule has 0 radical (unpaired) electrons. The number of hydrogen-bond acceptors (Lipinski definition) is 10. The number of phenolic OH excluding ortho intramolecular Hbond substituents is 1. The topological polar surface area (TPSA) is 220 Å². The Kier molecular flexibility index (Phi) is 8.02. The molecule has 3 aliphatic rings. The number of amides is 3. The minimum Gasteiger partial charge on any atom is -0.510 e. The van der Waals surface area contributed by atoms with Crippen LogP contribution in [-0.2, 0) is 20.8 Å². The number of likely N-dealkylation sites (N-methyl/N-ethyl adjacent to an activating group) is 1. The molecule has 0 bridgehead atoms. The van der Waals surface area contributed by atoms with E-state index in [0.717, 1.165) is 0 Å². The summed E-state index contributed by atoms with van der Waals surface area (Å²) in [4.78, 5) is 65.0. The molecule has 2 aromatic rings. The van der Waals surface area contributed by atoms with Crippen LogP contribution in [0.1, 0.15) is 39.6 Å². The molecular weight excluding hydrogens is 584 g/mol. The molecule has 0 heterocycles. The molecule has 0 saturated carbocycles. The highest BCUT2D eigenvalue weighted by atomic mass is 16.3. The van der Waals surface area contributed by atoms with Crippen molar-refractivity contribution in [3.05, 3.63) is 75.8 Å². The van der Waals surface area contributed by atoms with Gasteiger partial charge >= 0.3 is 0 Å². The standard InChI is InChI=1S/C32H34N4O9/c1-14(37)34-9-10-35-31(44)16-6-4-5-15(11-16)18-7-8-21(38)23-19(18)12-17-13-20-25(36(2)3)27(40)24(30(33)43)29(42)32(20,45)28(41)22(17)26(23)39/h4-8,11,17,20,25,38,40-41,45H,9-10,12-13H2,1-3H3,(H2,33,43)(H,34,37)(H,35,44)/t17-,20-,25-,32-/m0/s1. The number of Topliss-reactive ketones (excluding diaryl/α,β-unsaturated/α-hetero) is 2. The average Bonchev–Trinajstić information content (AvgIpc) is 2.96. The largest absolute Gasteiger partial charge is 0.510 e. The lowest BCUT2D eigenvalue weighted by Crippen LogP contribution is -2.63. The summed E-state index contributed by atoms with van der Waals surface area (Å²) >= 11 is 0. The van der Waals surface area contributed by atoms with Crippen molar-refractivity contribution >= 4 is 29.3 Å². The first-order valence-corrected chi connectivity index (χ1v) is 14.3. The Morgan fingerprint density at radius 1 is 1.04 bits per heavy atom. The van der Waals surface area contributed by atoms with E-state index in [2.05, 4.69) is 10.6 Å². The summed E-state index contributed by atoms with van der Waals surface area (Å²) in [5.41, 5.74) is 3.29. The van der Waals surface area contributed by atoms with Gasteiger partial charge in [-0.15, -0.1) is 0 Å². The Balaban J connectivity index is 1.57. The molecule has 2 aromatic carbocycles. The van der Waals surface area contributed by atoms with Crippen LogP contribution in [0.25, 0.3) is 11.1 Å². The maximum absolute atomic E-state index is 14.0. The van der Waals surface area contributed by atoms with Crippen LogP contribution in [0.15, 0.2) is 59.1 Å². The van der Waals surface area contributed by atoms with Crippen LogP contribution in [0.3, 0.4) is 0 Å². The van der Waals surface area contributed by atoms with Crippen LogP contribution in [-0.4, -0.2) is 93.4 Å². The van der Waals surface area contributed by atoms with E-state index in [0.29, 0.717) is 22.3 Å². The molecule has 3 amide bonds. The van der Waals surface area contributed by atoms with Crippen molar-refractivity contribution in [3.63, 3.8) is 0 Å². The van der Waals surface area contributed by atoms with Gasteiger partial charge in [-0.05, 0) is 67.7 Å². The van der Waals surface area contributed by atoms with Gasteiger partial charge in [0.2, 0.25) is 11.7 Å². The van der Waals surface area contributed by atoms with Crippen LogP contribution < -0.4 is 16.4 Å². The zero-order chi connectivity index (χ0) is 33.0. The lowest BCUT2D eigenvalue weighted by atomic mass is 9.58. The summed E-state index contributed by atoms with van der Waals surface area (Å²) in [7, 11) is 3.12. The summed E-state index contributed by atoms with van der Waals surface area (Å²) < 4.78 is 0. The molecule has 0 aromatic heterocycles.